The summed E-state index contributed by atoms with van der Waals surface area (Å²) >= 11 is 9.48. The van der Waals surface area contributed by atoms with Crippen molar-refractivity contribution in [3.63, 3.8) is 0 Å². The lowest BCUT2D eigenvalue weighted by Gasteiger charge is -2.28. The van der Waals surface area contributed by atoms with Crippen molar-refractivity contribution in [1.82, 2.24) is 15.3 Å². The summed E-state index contributed by atoms with van der Waals surface area (Å²) in [6.45, 7) is 2.36. The Morgan fingerprint density at radius 3 is 2.80 bits per heavy atom. The van der Waals surface area contributed by atoms with Crippen LogP contribution in [0.2, 0.25) is 5.02 Å². The molecule has 1 saturated heterocycles. The molecule has 2 heterocycles. The van der Waals surface area contributed by atoms with Crippen LogP contribution in [-0.4, -0.2) is 46.2 Å². The van der Waals surface area contributed by atoms with E-state index in [-0.39, 0.29) is 5.91 Å². The second kappa shape index (κ2) is 9.31. The first-order valence-corrected chi connectivity index (χ1v) is 10.5. The van der Waals surface area contributed by atoms with Crippen molar-refractivity contribution in [2.75, 3.05) is 35.2 Å². The zero-order valence-corrected chi connectivity index (χ0v) is 16.0. The van der Waals surface area contributed by atoms with Crippen LogP contribution >= 0.6 is 35.1 Å². The van der Waals surface area contributed by atoms with Crippen LogP contribution in [0, 0.1) is 0 Å². The first-order valence-electron chi connectivity index (χ1n) is 8.00. The molecule has 0 unspecified atom stereocenters. The lowest BCUT2D eigenvalue weighted by atomic mass is 10.2. The fraction of sp³-hybridized carbons (Fsp3) is 0.353. The van der Waals surface area contributed by atoms with Crippen LogP contribution < -0.4 is 10.2 Å². The van der Waals surface area contributed by atoms with Gasteiger partial charge in [-0.25, -0.2) is 9.97 Å². The quantitative estimate of drug-likeness (QED) is 0.760. The number of hydrogen-bond donors (Lipinski definition) is 1. The molecule has 132 valence electrons. The molecule has 3 rings (SSSR count). The van der Waals surface area contributed by atoms with Gasteiger partial charge in [-0.3, -0.25) is 4.79 Å². The summed E-state index contributed by atoms with van der Waals surface area (Å²) in [7, 11) is 0. The highest BCUT2D eigenvalue weighted by Gasteiger charge is 2.17. The van der Waals surface area contributed by atoms with Crippen LogP contribution in [0.5, 0.6) is 0 Å². The van der Waals surface area contributed by atoms with Gasteiger partial charge in [0.1, 0.15) is 5.03 Å². The average Bonchev–Trinajstić information content (AvgIpc) is 2.66. The number of thioether (sulfide) groups is 2. The maximum atomic E-state index is 12.1. The van der Waals surface area contributed by atoms with Crippen molar-refractivity contribution in [2.24, 2.45) is 0 Å². The second-order valence-corrected chi connectivity index (χ2v) is 8.04. The van der Waals surface area contributed by atoms with E-state index >= 15 is 0 Å². The summed E-state index contributed by atoms with van der Waals surface area (Å²) in [5.41, 5.74) is 0.911. The molecule has 1 aliphatic heterocycles. The van der Waals surface area contributed by atoms with Crippen molar-refractivity contribution < 1.29 is 4.79 Å². The molecule has 0 radical (unpaired) electrons. The number of benzene rings is 1. The van der Waals surface area contributed by atoms with Gasteiger partial charge in [-0.15, -0.1) is 0 Å². The van der Waals surface area contributed by atoms with E-state index in [4.69, 9.17) is 11.6 Å². The number of carbonyl (C=O) groups is 1. The van der Waals surface area contributed by atoms with Gasteiger partial charge in [-0.05, 0) is 11.6 Å². The van der Waals surface area contributed by atoms with Crippen molar-refractivity contribution in [3.05, 3.63) is 47.2 Å². The molecule has 1 aromatic heterocycles. The van der Waals surface area contributed by atoms with E-state index in [2.05, 4.69) is 20.2 Å². The Morgan fingerprint density at radius 1 is 1.24 bits per heavy atom. The third kappa shape index (κ3) is 5.26. The Balaban J connectivity index is 1.54. The molecule has 5 nitrogen and oxygen atoms in total. The van der Waals surface area contributed by atoms with E-state index in [1.807, 2.05) is 36.0 Å². The van der Waals surface area contributed by atoms with Gasteiger partial charge in [0, 0.05) is 48.6 Å². The molecule has 25 heavy (non-hydrogen) atoms. The largest absolute Gasteiger partial charge is 0.353 e. The summed E-state index contributed by atoms with van der Waals surface area (Å²) in [5.74, 6) is 3.33. The van der Waals surface area contributed by atoms with E-state index in [0.29, 0.717) is 17.3 Å². The van der Waals surface area contributed by atoms with Gasteiger partial charge >= 0.3 is 0 Å². The molecule has 1 aromatic carbocycles. The summed E-state index contributed by atoms with van der Waals surface area (Å²) in [6, 6.07) is 7.51. The molecule has 0 aliphatic carbocycles. The summed E-state index contributed by atoms with van der Waals surface area (Å²) < 4.78 is 0. The van der Waals surface area contributed by atoms with Crippen molar-refractivity contribution in [3.8, 4) is 0 Å². The van der Waals surface area contributed by atoms with Gasteiger partial charge in [-0.1, -0.05) is 41.6 Å². The fourth-order valence-electron chi connectivity index (χ4n) is 2.43. The van der Waals surface area contributed by atoms with Crippen LogP contribution in [0.4, 0.5) is 5.82 Å². The van der Waals surface area contributed by atoms with Crippen LogP contribution in [0.15, 0.2) is 41.7 Å². The highest BCUT2D eigenvalue weighted by molar-refractivity contribution is 8.00. The third-order valence-electron chi connectivity index (χ3n) is 3.73. The Hall–Kier alpha value is -1.44. The van der Waals surface area contributed by atoms with Gasteiger partial charge in [-0.2, -0.15) is 11.8 Å². The maximum Gasteiger partial charge on any atom is 0.230 e. The highest BCUT2D eigenvalue weighted by atomic mass is 35.5. The third-order valence-corrected chi connectivity index (χ3v) is 6.01. The number of halogens is 1. The molecule has 1 N–H and O–H groups in total. The highest BCUT2D eigenvalue weighted by Crippen LogP contribution is 2.27. The van der Waals surface area contributed by atoms with Gasteiger partial charge in [0.15, 0.2) is 5.82 Å². The number of carbonyl (C=O) groups excluding carboxylic acids is 1. The lowest BCUT2D eigenvalue weighted by molar-refractivity contribution is -0.118. The SMILES string of the molecule is O=C(CSc1nccnc1N1CCSCC1)NCc1ccccc1Cl. The van der Waals surface area contributed by atoms with Crippen LogP contribution in [0.25, 0.3) is 0 Å². The number of amides is 1. The van der Waals surface area contributed by atoms with Crippen LogP contribution in [0.3, 0.4) is 0 Å². The number of aromatic nitrogens is 2. The standard InChI is InChI=1S/C17H19ClN4OS2/c18-14-4-2-1-3-13(14)11-21-15(23)12-25-17-16(19-5-6-20-17)22-7-9-24-10-8-22/h1-6H,7-12H2,(H,21,23). The molecular formula is C17H19ClN4OS2. The number of nitrogens with zero attached hydrogens (tertiary/aromatic N) is 3. The van der Waals surface area contributed by atoms with E-state index < -0.39 is 0 Å². The van der Waals surface area contributed by atoms with Crippen molar-refractivity contribution in [2.45, 2.75) is 11.6 Å². The van der Waals surface area contributed by atoms with Crippen LogP contribution in [-0.2, 0) is 11.3 Å². The maximum absolute atomic E-state index is 12.1. The molecule has 1 fully saturated rings. The Bertz CT molecular complexity index is 725. The van der Waals surface area contributed by atoms with Crippen LogP contribution in [0.1, 0.15) is 5.56 Å². The molecule has 0 saturated carbocycles. The first-order chi connectivity index (χ1) is 12.2. The lowest BCUT2D eigenvalue weighted by Crippen LogP contribution is -2.33. The summed E-state index contributed by atoms with van der Waals surface area (Å²) in [6.07, 6.45) is 3.38. The van der Waals surface area contributed by atoms with Crippen molar-refractivity contribution >= 4 is 46.8 Å². The Labute approximate surface area is 160 Å². The minimum absolute atomic E-state index is 0.0456. The van der Waals surface area contributed by atoms with E-state index in [0.717, 1.165) is 41.0 Å². The van der Waals surface area contributed by atoms with Crippen molar-refractivity contribution in [1.29, 1.82) is 0 Å². The molecule has 0 spiro atoms. The zero-order valence-electron chi connectivity index (χ0n) is 13.7. The Kier molecular flexibility index (Phi) is 6.84. The second-order valence-electron chi connectivity index (χ2n) is 5.44. The smallest absolute Gasteiger partial charge is 0.230 e. The van der Waals surface area contributed by atoms with E-state index in [1.54, 1.807) is 12.4 Å². The molecular weight excluding hydrogens is 376 g/mol. The normalized spacial score (nSPS) is 14.4. The number of nitrogens with one attached hydrogen (secondary N) is 1. The molecule has 2 aromatic rings. The van der Waals surface area contributed by atoms with Gasteiger partial charge in [0.2, 0.25) is 5.91 Å². The molecule has 8 heteroatoms. The number of rotatable bonds is 6. The number of anilines is 1. The molecule has 0 bridgehead atoms. The van der Waals surface area contributed by atoms with Gasteiger partial charge in [0.05, 0.1) is 5.75 Å². The number of hydrogen-bond acceptors (Lipinski definition) is 6. The predicted molar refractivity (Wildman–Crippen MR) is 106 cm³/mol. The molecule has 0 atom stereocenters. The first kappa shape index (κ1) is 18.4. The molecule has 1 amide bonds. The van der Waals surface area contributed by atoms with Gasteiger partial charge < -0.3 is 10.2 Å². The fourth-order valence-corrected chi connectivity index (χ4v) is 4.35. The minimum atomic E-state index is -0.0456. The van der Waals surface area contributed by atoms with Gasteiger partial charge in [0.25, 0.3) is 0 Å². The Morgan fingerprint density at radius 2 is 2.00 bits per heavy atom. The summed E-state index contributed by atoms with van der Waals surface area (Å²) in [4.78, 5) is 23.3. The topological polar surface area (TPSA) is 58.1 Å². The minimum Gasteiger partial charge on any atom is -0.353 e. The predicted octanol–water partition coefficient (Wildman–Crippen LogP) is 3.09. The van der Waals surface area contributed by atoms with E-state index in [1.165, 1.54) is 11.8 Å². The summed E-state index contributed by atoms with van der Waals surface area (Å²) in [5, 5.41) is 4.37. The van der Waals surface area contributed by atoms with E-state index in [9.17, 15) is 4.79 Å². The monoisotopic (exact) mass is 394 g/mol. The average molecular weight is 395 g/mol. The zero-order chi connectivity index (χ0) is 17.5. The molecule has 1 aliphatic rings.